The van der Waals surface area contributed by atoms with Crippen molar-refractivity contribution in [3.05, 3.63) is 42.1 Å². The molecule has 3 rings (SSSR count). The van der Waals surface area contributed by atoms with Crippen molar-refractivity contribution in [3.63, 3.8) is 0 Å². The first-order valence-electron chi connectivity index (χ1n) is 6.32. The Labute approximate surface area is 116 Å². The SMILES string of the molecule is CC(=O)c1nc(C)cc(-c2ccc3c(c2)ncn3C)n1. The van der Waals surface area contributed by atoms with Gasteiger partial charge in [0.1, 0.15) is 0 Å². The van der Waals surface area contributed by atoms with Crippen molar-refractivity contribution in [1.29, 1.82) is 0 Å². The maximum atomic E-state index is 11.5. The molecule has 0 unspecified atom stereocenters. The number of ketones is 1. The lowest BCUT2D eigenvalue weighted by molar-refractivity contribution is 0.100. The summed E-state index contributed by atoms with van der Waals surface area (Å²) in [4.78, 5) is 24.3. The van der Waals surface area contributed by atoms with Crippen molar-refractivity contribution < 1.29 is 4.79 Å². The van der Waals surface area contributed by atoms with E-state index in [1.165, 1.54) is 6.92 Å². The van der Waals surface area contributed by atoms with E-state index in [1.807, 2.05) is 42.8 Å². The standard InChI is InChI=1S/C15H14N4O/c1-9-6-12(18-15(17-9)10(2)20)11-4-5-14-13(7-11)16-8-19(14)3/h4-8H,1-3H3. The lowest BCUT2D eigenvalue weighted by Crippen LogP contribution is -2.03. The van der Waals surface area contributed by atoms with Crippen LogP contribution in [0.5, 0.6) is 0 Å². The first kappa shape index (κ1) is 12.5. The number of fused-ring (bicyclic) bond motifs is 1. The normalized spacial score (nSPS) is 10.9. The molecule has 5 heteroatoms. The van der Waals surface area contributed by atoms with E-state index in [-0.39, 0.29) is 11.6 Å². The van der Waals surface area contributed by atoms with Gasteiger partial charge in [-0.1, -0.05) is 6.07 Å². The van der Waals surface area contributed by atoms with E-state index in [0.717, 1.165) is 28.0 Å². The molecule has 0 aliphatic heterocycles. The predicted octanol–water partition coefficient (Wildman–Crippen LogP) is 2.54. The molecular weight excluding hydrogens is 252 g/mol. The summed E-state index contributed by atoms with van der Waals surface area (Å²) in [5, 5.41) is 0. The van der Waals surface area contributed by atoms with E-state index in [4.69, 9.17) is 0 Å². The molecule has 2 aromatic heterocycles. The first-order valence-corrected chi connectivity index (χ1v) is 6.32. The molecular formula is C15H14N4O. The number of hydrogen-bond donors (Lipinski definition) is 0. The molecule has 0 radical (unpaired) electrons. The van der Waals surface area contributed by atoms with Gasteiger partial charge in [-0.25, -0.2) is 15.0 Å². The molecule has 1 aromatic carbocycles. The molecule has 3 aromatic rings. The zero-order chi connectivity index (χ0) is 14.3. The summed E-state index contributed by atoms with van der Waals surface area (Å²) >= 11 is 0. The van der Waals surface area contributed by atoms with E-state index >= 15 is 0 Å². The highest BCUT2D eigenvalue weighted by Crippen LogP contribution is 2.22. The number of carbonyl (C=O) groups excluding carboxylic acids is 1. The van der Waals surface area contributed by atoms with Gasteiger partial charge >= 0.3 is 0 Å². The number of rotatable bonds is 2. The molecule has 0 saturated carbocycles. The van der Waals surface area contributed by atoms with Crippen molar-refractivity contribution in [2.45, 2.75) is 13.8 Å². The Morgan fingerprint density at radius 2 is 2.00 bits per heavy atom. The second kappa shape index (κ2) is 4.52. The van der Waals surface area contributed by atoms with E-state index in [1.54, 1.807) is 6.33 Å². The second-order valence-electron chi connectivity index (χ2n) is 4.83. The number of aryl methyl sites for hydroxylation is 2. The van der Waals surface area contributed by atoms with Crippen molar-refractivity contribution in [1.82, 2.24) is 19.5 Å². The van der Waals surface area contributed by atoms with Crippen LogP contribution in [0.1, 0.15) is 23.2 Å². The van der Waals surface area contributed by atoms with Crippen LogP contribution in [-0.4, -0.2) is 25.3 Å². The Balaban J connectivity index is 2.17. The Morgan fingerprint density at radius 3 is 2.75 bits per heavy atom. The number of nitrogens with zero attached hydrogens (tertiary/aromatic N) is 4. The highest BCUT2D eigenvalue weighted by atomic mass is 16.1. The Morgan fingerprint density at radius 1 is 1.20 bits per heavy atom. The van der Waals surface area contributed by atoms with Crippen LogP contribution in [0.3, 0.4) is 0 Å². The van der Waals surface area contributed by atoms with E-state index in [9.17, 15) is 4.79 Å². The molecule has 0 atom stereocenters. The van der Waals surface area contributed by atoms with Crippen LogP contribution in [0.2, 0.25) is 0 Å². The molecule has 0 amide bonds. The fourth-order valence-corrected chi connectivity index (χ4v) is 2.17. The molecule has 20 heavy (non-hydrogen) atoms. The van der Waals surface area contributed by atoms with Crippen molar-refractivity contribution in [2.24, 2.45) is 7.05 Å². The maximum absolute atomic E-state index is 11.5. The number of benzene rings is 1. The summed E-state index contributed by atoms with van der Waals surface area (Å²) in [6, 6.07) is 7.83. The average Bonchev–Trinajstić information content (AvgIpc) is 2.79. The Kier molecular flexibility index (Phi) is 2.82. The van der Waals surface area contributed by atoms with Gasteiger partial charge < -0.3 is 4.57 Å². The predicted molar refractivity (Wildman–Crippen MR) is 76.5 cm³/mol. The van der Waals surface area contributed by atoms with Crippen LogP contribution in [0.4, 0.5) is 0 Å². The van der Waals surface area contributed by atoms with Gasteiger partial charge in [0.05, 0.1) is 23.1 Å². The van der Waals surface area contributed by atoms with E-state index < -0.39 is 0 Å². The van der Waals surface area contributed by atoms with E-state index in [0.29, 0.717) is 0 Å². The zero-order valence-corrected chi connectivity index (χ0v) is 11.6. The summed E-state index contributed by atoms with van der Waals surface area (Å²) in [6.45, 7) is 3.33. The highest BCUT2D eigenvalue weighted by molar-refractivity contribution is 5.91. The topological polar surface area (TPSA) is 60.7 Å². The van der Waals surface area contributed by atoms with Gasteiger partial charge in [-0.2, -0.15) is 0 Å². The van der Waals surface area contributed by atoms with Crippen molar-refractivity contribution >= 4 is 16.8 Å². The molecule has 0 spiro atoms. The molecule has 5 nitrogen and oxygen atoms in total. The van der Waals surface area contributed by atoms with Crippen molar-refractivity contribution in [2.75, 3.05) is 0 Å². The fraction of sp³-hybridized carbons (Fsp3) is 0.200. The van der Waals surface area contributed by atoms with Crippen LogP contribution < -0.4 is 0 Å². The lowest BCUT2D eigenvalue weighted by Gasteiger charge is -2.05. The number of aromatic nitrogens is 4. The quantitative estimate of drug-likeness (QED) is 0.669. The summed E-state index contributed by atoms with van der Waals surface area (Å²) < 4.78 is 1.96. The minimum absolute atomic E-state index is 0.131. The zero-order valence-electron chi connectivity index (χ0n) is 11.6. The Hall–Kier alpha value is -2.56. The van der Waals surface area contributed by atoms with Crippen molar-refractivity contribution in [3.8, 4) is 11.3 Å². The first-order chi connectivity index (χ1) is 9.54. The number of imidazole rings is 1. The van der Waals surface area contributed by atoms with Gasteiger partial charge in [-0.3, -0.25) is 4.79 Å². The monoisotopic (exact) mass is 266 g/mol. The number of hydrogen-bond acceptors (Lipinski definition) is 4. The van der Waals surface area contributed by atoms with Crippen LogP contribution in [0.15, 0.2) is 30.6 Å². The third kappa shape index (κ3) is 2.07. The summed E-state index contributed by atoms with van der Waals surface area (Å²) in [5.41, 5.74) is 4.43. The third-order valence-electron chi connectivity index (χ3n) is 3.19. The van der Waals surface area contributed by atoms with Gasteiger partial charge in [0.2, 0.25) is 0 Å². The van der Waals surface area contributed by atoms with Crippen LogP contribution in [0.25, 0.3) is 22.3 Å². The summed E-state index contributed by atoms with van der Waals surface area (Å²) in [6.07, 6.45) is 1.78. The molecule has 0 N–H and O–H groups in total. The average molecular weight is 266 g/mol. The lowest BCUT2D eigenvalue weighted by atomic mass is 10.1. The largest absolute Gasteiger partial charge is 0.334 e. The third-order valence-corrected chi connectivity index (χ3v) is 3.19. The van der Waals surface area contributed by atoms with Gasteiger partial charge in [-0.15, -0.1) is 0 Å². The molecule has 2 heterocycles. The van der Waals surface area contributed by atoms with Crippen LogP contribution in [-0.2, 0) is 7.05 Å². The van der Waals surface area contributed by atoms with Crippen LogP contribution >= 0.6 is 0 Å². The van der Waals surface area contributed by atoms with E-state index in [2.05, 4.69) is 15.0 Å². The molecule has 0 bridgehead atoms. The molecule has 0 fully saturated rings. The minimum atomic E-state index is -0.131. The number of Topliss-reactive ketones (excluding diaryl/α,β-unsaturated/α-hetero) is 1. The summed E-state index contributed by atoms with van der Waals surface area (Å²) in [5.74, 6) is 0.120. The Bertz CT molecular complexity index is 820. The van der Waals surface area contributed by atoms with Gasteiger partial charge in [-0.05, 0) is 25.1 Å². The number of carbonyl (C=O) groups is 1. The molecule has 100 valence electrons. The van der Waals surface area contributed by atoms with Gasteiger partial charge in [0.25, 0.3) is 0 Å². The minimum Gasteiger partial charge on any atom is -0.334 e. The van der Waals surface area contributed by atoms with Gasteiger partial charge in [0.15, 0.2) is 11.6 Å². The fourth-order valence-electron chi connectivity index (χ4n) is 2.17. The van der Waals surface area contributed by atoms with Gasteiger partial charge in [0, 0.05) is 25.2 Å². The molecule has 0 saturated heterocycles. The maximum Gasteiger partial charge on any atom is 0.196 e. The summed E-state index contributed by atoms with van der Waals surface area (Å²) in [7, 11) is 1.96. The molecule has 0 aliphatic carbocycles. The smallest absolute Gasteiger partial charge is 0.196 e. The highest BCUT2D eigenvalue weighted by Gasteiger charge is 2.09. The van der Waals surface area contributed by atoms with Crippen LogP contribution in [0, 0.1) is 6.92 Å². The second-order valence-corrected chi connectivity index (χ2v) is 4.83. The molecule has 0 aliphatic rings.